The van der Waals surface area contributed by atoms with Gasteiger partial charge in [0, 0.05) is 76.9 Å². The number of para-hydroxylation sites is 1. The quantitative estimate of drug-likeness (QED) is 0.140. The fraction of sp³-hybridized carbons (Fsp3) is 0.217. The van der Waals surface area contributed by atoms with Gasteiger partial charge in [-0.15, -0.1) is 0 Å². The van der Waals surface area contributed by atoms with E-state index in [2.05, 4.69) is 103 Å². The number of hydrogen-bond acceptors (Lipinski definition) is 6. The van der Waals surface area contributed by atoms with E-state index in [1.807, 2.05) is 56.3 Å². The Bertz CT molecular complexity index is 2630. The van der Waals surface area contributed by atoms with Gasteiger partial charge < -0.3 is 23.2 Å². The zero-order chi connectivity index (χ0) is 37.0. The lowest BCUT2D eigenvalue weighted by Gasteiger charge is -2.21. The van der Waals surface area contributed by atoms with Crippen molar-refractivity contribution in [2.75, 3.05) is 36.0 Å². The average molecular weight is 702 g/mol. The number of hydrogen-bond donors (Lipinski definition) is 0. The molecule has 0 aliphatic carbocycles. The normalized spacial score (nSPS) is 11.7. The van der Waals surface area contributed by atoms with Crippen molar-refractivity contribution in [1.29, 1.82) is 0 Å². The van der Waals surface area contributed by atoms with Crippen molar-refractivity contribution < 1.29 is 8.83 Å². The maximum atomic E-state index is 13.8. The Morgan fingerprint density at radius 3 is 1.36 bits per heavy atom. The molecule has 3 heterocycles. The van der Waals surface area contributed by atoms with Gasteiger partial charge in [-0.05, 0) is 124 Å². The zero-order valence-electron chi connectivity index (χ0n) is 31.1. The molecule has 0 atom stereocenters. The van der Waals surface area contributed by atoms with Gasteiger partial charge in [-0.25, -0.2) is 9.59 Å². The molecule has 0 radical (unpaired) electrons. The average Bonchev–Trinajstić information content (AvgIpc) is 3.49. The van der Waals surface area contributed by atoms with Crippen LogP contribution in [0.2, 0.25) is 0 Å². The maximum Gasteiger partial charge on any atom is 0.344 e. The van der Waals surface area contributed by atoms with E-state index in [4.69, 9.17) is 8.83 Å². The second-order valence-electron chi connectivity index (χ2n) is 13.6. The molecule has 0 aliphatic rings. The molecule has 0 saturated carbocycles. The van der Waals surface area contributed by atoms with Gasteiger partial charge in [0.05, 0.1) is 22.2 Å². The molecule has 0 saturated heterocycles. The largest absolute Gasteiger partial charge is 0.422 e. The fourth-order valence-corrected chi connectivity index (χ4v) is 8.12. The highest BCUT2D eigenvalue weighted by molar-refractivity contribution is 6.12. The summed E-state index contributed by atoms with van der Waals surface area (Å²) < 4.78 is 14.3. The third-order valence-electron chi connectivity index (χ3n) is 10.9. The highest BCUT2D eigenvalue weighted by Gasteiger charge is 2.21. The fourth-order valence-electron chi connectivity index (χ4n) is 8.12. The van der Waals surface area contributed by atoms with E-state index < -0.39 is 0 Å². The van der Waals surface area contributed by atoms with Crippen molar-refractivity contribution >= 4 is 55.1 Å². The molecule has 266 valence electrons. The predicted octanol–water partition coefficient (Wildman–Crippen LogP) is 10.6. The first-order chi connectivity index (χ1) is 25.8. The lowest BCUT2D eigenvalue weighted by molar-refractivity contribution is 0.562. The van der Waals surface area contributed by atoms with Gasteiger partial charge >= 0.3 is 11.3 Å². The van der Waals surface area contributed by atoms with Crippen molar-refractivity contribution in [3.63, 3.8) is 0 Å². The van der Waals surface area contributed by atoms with Gasteiger partial charge in [-0.1, -0.05) is 30.3 Å². The lowest BCUT2D eigenvalue weighted by Crippen LogP contribution is -2.21. The van der Waals surface area contributed by atoms with Gasteiger partial charge in [0.1, 0.15) is 11.2 Å². The molecule has 0 bridgehead atoms. The van der Waals surface area contributed by atoms with E-state index >= 15 is 0 Å². The van der Waals surface area contributed by atoms with Gasteiger partial charge in [0.15, 0.2) is 0 Å². The summed E-state index contributed by atoms with van der Waals surface area (Å²) in [5.41, 5.74) is 9.89. The molecule has 0 N–H and O–H groups in total. The molecule has 8 rings (SSSR count). The van der Waals surface area contributed by atoms with Crippen LogP contribution < -0.4 is 21.1 Å². The van der Waals surface area contributed by atoms with Gasteiger partial charge in [0.2, 0.25) is 0 Å². The number of fused-ring (bicyclic) bond motifs is 5. The molecule has 0 aliphatic heterocycles. The Hall–Kier alpha value is -6.08. The zero-order valence-corrected chi connectivity index (χ0v) is 31.1. The molecule has 3 aromatic heterocycles. The summed E-state index contributed by atoms with van der Waals surface area (Å²) in [4.78, 5) is 32.0. The van der Waals surface area contributed by atoms with Crippen LogP contribution in [0, 0.1) is 13.8 Å². The minimum absolute atomic E-state index is 0.368. The third-order valence-corrected chi connectivity index (χ3v) is 10.9. The van der Waals surface area contributed by atoms with E-state index in [1.54, 1.807) is 0 Å². The molecule has 0 unspecified atom stereocenters. The molecule has 5 aromatic carbocycles. The Balaban J connectivity index is 1.33. The summed E-state index contributed by atoms with van der Waals surface area (Å²) in [7, 11) is 0. The van der Waals surface area contributed by atoms with Crippen LogP contribution in [0.4, 0.5) is 11.4 Å². The Morgan fingerprint density at radius 1 is 0.509 bits per heavy atom. The summed E-state index contributed by atoms with van der Waals surface area (Å²) in [5.74, 6) is 0. The van der Waals surface area contributed by atoms with Crippen LogP contribution in [0.25, 0.3) is 71.7 Å². The lowest BCUT2D eigenvalue weighted by atomic mass is 9.96. The molecule has 8 aromatic rings. The van der Waals surface area contributed by atoms with Crippen LogP contribution in [-0.4, -0.2) is 30.7 Å². The molecule has 53 heavy (non-hydrogen) atoms. The van der Waals surface area contributed by atoms with Crippen molar-refractivity contribution in [3.05, 3.63) is 135 Å². The predicted molar refractivity (Wildman–Crippen MR) is 220 cm³/mol. The monoisotopic (exact) mass is 701 g/mol. The number of nitrogens with zero attached hydrogens (tertiary/aromatic N) is 3. The SMILES string of the molecule is CCN(CC)c1ccc2c(C)c(-c3ccc4c(c3)c3cc(-c5c(C)c6ccc(N(CC)CC)cc6oc5=O)ccc3n4-c3ccccc3)c(=O)oc2c1. The first-order valence-electron chi connectivity index (χ1n) is 18.5. The van der Waals surface area contributed by atoms with Gasteiger partial charge in [0.25, 0.3) is 0 Å². The van der Waals surface area contributed by atoms with Crippen molar-refractivity contribution in [1.82, 2.24) is 4.57 Å². The first-order valence-corrected chi connectivity index (χ1v) is 18.5. The minimum Gasteiger partial charge on any atom is -0.422 e. The molecule has 0 fully saturated rings. The molecule has 0 amide bonds. The van der Waals surface area contributed by atoms with Crippen LogP contribution in [0.15, 0.2) is 122 Å². The van der Waals surface area contributed by atoms with E-state index in [1.165, 1.54) is 0 Å². The van der Waals surface area contributed by atoms with E-state index in [9.17, 15) is 9.59 Å². The van der Waals surface area contributed by atoms with E-state index in [0.29, 0.717) is 22.3 Å². The minimum atomic E-state index is -0.368. The summed E-state index contributed by atoms with van der Waals surface area (Å²) in [6.07, 6.45) is 0. The smallest absolute Gasteiger partial charge is 0.344 e. The Morgan fingerprint density at radius 2 is 0.943 bits per heavy atom. The van der Waals surface area contributed by atoms with Crippen molar-refractivity contribution in [2.24, 2.45) is 0 Å². The highest BCUT2D eigenvalue weighted by Crippen LogP contribution is 2.39. The summed E-state index contributed by atoms with van der Waals surface area (Å²) in [5, 5.41) is 3.75. The van der Waals surface area contributed by atoms with Crippen LogP contribution in [0.1, 0.15) is 38.8 Å². The maximum absolute atomic E-state index is 13.8. The number of aromatic nitrogens is 1. The Labute approximate surface area is 308 Å². The van der Waals surface area contributed by atoms with Crippen LogP contribution in [0.5, 0.6) is 0 Å². The number of benzene rings is 5. The molecule has 7 heteroatoms. The van der Waals surface area contributed by atoms with Crippen LogP contribution in [-0.2, 0) is 0 Å². The summed E-state index contributed by atoms with van der Waals surface area (Å²) in [6, 6.07) is 34.8. The van der Waals surface area contributed by atoms with Crippen molar-refractivity contribution in [2.45, 2.75) is 41.5 Å². The molecule has 0 spiro atoms. The second kappa shape index (κ2) is 13.5. The highest BCUT2D eigenvalue weighted by atomic mass is 16.4. The Kier molecular flexibility index (Phi) is 8.65. The first kappa shape index (κ1) is 34.0. The third kappa shape index (κ3) is 5.59. The topological polar surface area (TPSA) is 71.8 Å². The number of rotatable bonds is 9. The molecular weight excluding hydrogens is 659 g/mol. The standard InChI is InChI=1S/C46H43N3O4/c1-7-47(8-2)33-18-20-35-28(5)43(45(50)52-41(35)26-33)30-16-22-39-37(24-30)38-25-31(17-23-40(38)49(39)32-14-12-11-13-15-32)44-29(6)36-21-19-34(48(9-3)10-4)27-42(36)53-46(44)51/h11-27H,7-10H2,1-6H3. The number of anilines is 2. The van der Waals surface area contributed by atoms with Gasteiger partial charge in [-0.2, -0.15) is 0 Å². The molecule has 7 nitrogen and oxygen atoms in total. The summed E-state index contributed by atoms with van der Waals surface area (Å²) >= 11 is 0. The number of aryl methyl sites for hydroxylation is 2. The van der Waals surface area contributed by atoms with E-state index in [0.717, 1.165) is 98.1 Å². The van der Waals surface area contributed by atoms with Gasteiger partial charge in [-0.3, -0.25) is 0 Å². The van der Waals surface area contributed by atoms with Crippen LogP contribution in [0.3, 0.4) is 0 Å². The second-order valence-corrected chi connectivity index (χ2v) is 13.6. The van der Waals surface area contributed by atoms with Crippen LogP contribution >= 0.6 is 0 Å². The summed E-state index contributed by atoms with van der Waals surface area (Å²) in [6.45, 7) is 15.9. The van der Waals surface area contributed by atoms with Crippen molar-refractivity contribution in [3.8, 4) is 27.9 Å². The van der Waals surface area contributed by atoms with E-state index in [-0.39, 0.29) is 11.3 Å². The molecular formula is C46H43N3O4.